The fraction of sp³-hybridized carbons (Fsp3) is 0.462. The van der Waals surface area contributed by atoms with Gasteiger partial charge in [0.15, 0.2) is 0 Å². The Morgan fingerprint density at radius 2 is 1.83 bits per heavy atom. The number of ether oxygens (including phenoxy) is 1. The fourth-order valence-corrected chi connectivity index (χ4v) is 2.20. The highest BCUT2D eigenvalue weighted by Gasteiger charge is 2.26. The number of phenolic OH excluding ortho intramolecular Hbond substituents is 2. The molecular formula is C13H17NO4. The molecule has 0 bridgehead atoms. The molecule has 1 aromatic rings. The van der Waals surface area contributed by atoms with Gasteiger partial charge in [-0.2, -0.15) is 0 Å². The van der Waals surface area contributed by atoms with Gasteiger partial charge >= 0.3 is 0 Å². The fourth-order valence-electron chi connectivity index (χ4n) is 2.20. The van der Waals surface area contributed by atoms with E-state index < -0.39 is 0 Å². The SMILES string of the molecule is COC1CCN(C(=O)c2c(O)cccc2O)CC1. The number of carbonyl (C=O) groups excluding carboxylic acids is 1. The summed E-state index contributed by atoms with van der Waals surface area (Å²) in [4.78, 5) is 13.8. The average molecular weight is 251 g/mol. The topological polar surface area (TPSA) is 70.0 Å². The van der Waals surface area contributed by atoms with Gasteiger partial charge in [-0.3, -0.25) is 4.79 Å². The summed E-state index contributed by atoms with van der Waals surface area (Å²) < 4.78 is 5.24. The number of likely N-dealkylation sites (tertiary alicyclic amines) is 1. The third-order valence-corrected chi connectivity index (χ3v) is 3.30. The van der Waals surface area contributed by atoms with Crippen LogP contribution in [0.4, 0.5) is 0 Å². The highest BCUT2D eigenvalue weighted by atomic mass is 16.5. The van der Waals surface area contributed by atoms with Gasteiger partial charge in [0.25, 0.3) is 5.91 Å². The minimum atomic E-state index is -0.333. The molecule has 1 amide bonds. The molecule has 0 aliphatic carbocycles. The monoisotopic (exact) mass is 251 g/mol. The van der Waals surface area contributed by atoms with Gasteiger partial charge in [-0.05, 0) is 25.0 Å². The number of nitrogens with zero attached hydrogens (tertiary/aromatic N) is 1. The normalized spacial score (nSPS) is 16.8. The lowest BCUT2D eigenvalue weighted by Crippen LogP contribution is -2.40. The second-order valence-corrected chi connectivity index (χ2v) is 4.40. The van der Waals surface area contributed by atoms with Crippen molar-refractivity contribution in [2.45, 2.75) is 18.9 Å². The van der Waals surface area contributed by atoms with Crippen molar-refractivity contribution in [2.75, 3.05) is 20.2 Å². The number of rotatable bonds is 2. The van der Waals surface area contributed by atoms with Crippen molar-refractivity contribution >= 4 is 5.91 Å². The second-order valence-electron chi connectivity index (χ2n) is 4.40. The first-order chi connectivity index (χ1) is 8.63. The van der Waals surface area contributed by atoms with E-state index in [2.05, 4.69) is 0 Å². The van der Waals surface area contributed by atoms with E-state index in [4.69, 9.17) is 4.74 Å². The summed E-state index contributed by atoms with van der Waals surface area (Å²) in [6.45, 7) is 1.15. The summed E-state index contributed by atoms with van der Waals surface area (Å²) in [5.41, 5.74) is -0.0200. The van der Waals surface area contributed by atoms with Crippen LogP contribution < -0.4 is 0 Å². The molecule has 98 valence electrons. The van der Waals surface area contributed by atoms with Crippen LogP contribution in [-0.2, 0) is 4.74 Å². The lowest BCUT2D eigenvalue weighted by Gasteiger charge is -2.31. The predicted molar refractivity (Wildman–Crippen MR) is 65.7 cm³/mol. The molecule has 18 heavy (non-hydrogen) atoms. The summed E-state index contributed by atoms with van der Waals surface area (Å²) in [7, 11) is 1.66. The van der Waals surface area contributed by atoms with Crippen molar-refractivity contribution in [3.63, 3.8) is 0 Å². The van der Waals surface area contributed by atoms with Crippen molar-refractivity contribution in [1.82, 2.24) is 4.90 Å². The first kappa shape index (κ1) is 12.7. The van der Waals surface area contributed by atoms with Crippen molar-refractivity contribution in [1.29, 1.82) is 0 Å². The number of piperidine rings is 1. The highest BCUT2D eigenvalue weighted by molar-refractivity contribution is 5.99. The van der Waals surface area contributed by atoms with E-state index in [1.165, 1.54) is 18.2 Å². The van der Waals surface area contributed by atoms with Gasteiger partial charge in [0.05, 0.1) is 6.10 Å². The van der Waals surface area contributed by atoms with Gasteiger partial charge in [-0.25, -0.2) is 0 Å². The molecule has 0 saturated carbocycles. The van der Waals surface area contributed by atoms with Crippen LogP contribution in [0.3, 0.4) is 0 Å². The maximum atomic E-state index is 12.2. The van der Waals surface area contributed by atoms with Crippen molar-refractivity contribution in [3.05, 3.63) is 23.8 Å². The first-order valence-corrected chi connectivity index (χ1v) is 5.96. The van der Waals surface area contributed by atoms with Crippen molar-refractivity contribution < 1.29 is 19.7 Å². The van der Waals surface area contributed by atoms with Crippen LogP contribution >= 0.6 is 0 Å². The number of methoxy groups -OCH3 is 1. The van der Waals surface area contributed by atoms with Gasteiger partial charge in [-0.15, -0.1) is 0 Å². The molecule has 1 aliphatic rings. The number of hydrogen-bond acceptors (Lipinski definition) is 4. The molecule has 1 aromatic carbocycles. The smallest absolute Gasteiger partial charge is 0.261 e. The quantitative estimate of drug-likeness (QED) is 0.832. The molecule has 0 radical (unpaired) electrons. The molecule has 2 N–H and O–H groups in total. The number of carbonyl (C=O) groups is 1. The Kier molecular flexibility index (Phi) is 3.72. The number of benzene rings is 1. The zero-order valence-electron chi connectivity index (χ0n) is 10.3. The molecule has 5 heteroatoms. The first-order valence-electron chi connectivity index (χ1n) is 5.96. The van der Waals surface area contributed by atoms with Gasteiger partial charge < -0.3 is 19.8 Å². The summed E-state index contributed by atoms with van der Waals surface area (Å²) in [6.07, 6.45) is 1.74. The van der Waals surface area contributed by atoms with E-state index in [9.17, 15) is 15.0 Å². The number of aromatic hydroxyl groups is 2. The Morgan fingerprint density at radius 3 is 2.33 bits per heavy atom. The standard InChI is InChI=1S/C13H17NO4/c1-18-9-5-7-14(8-6-9)13(17)12-10(15)3-2-4-11(12)16/h2-4,9,15-16H,5-8H2,1H3. The number of hydrogen-bond donors (Lipinski definition) is 2. The molecular weight excluding hydrogens is 234 g/mol. The van der Waals surface area contributed by atoms with Crippen LogP contribution in [0.1, 0.15) is 23.2 Å². The lowest BCUT2D eigenvalue weighted by atomic mass is 10.1. The molecule has 2 rings (SSSR count). The molecule has 1 saturated heterocycles. The lowest BCUT2D eigenvalue weighted by molar-refractivity contribution is 0.0348. The summed E-state index contributed by atoms with van der Waals surface area (Å²) in [5.74, 6) is -0.706. The Hall–Kier alpha value is -1.75. The van der Waals surface area contributed by atoms with Crippen LogP contribution in [0.2, 0.25) is 0 Å². The molecule has 5 nitrogen and oxygen atoms in total. The van der Waals surface area contributed by atoms with E-state index in [0.717, 1.165) is 12.8 Å². The van der Waals surface area contributed by atoms with Crippen LogP contribution in [0.15, 0.2) is 18.2 Å². The zero-order chi connectivity index (χ0) is 13.1. The minimum absolute atomic E-state index is 0.0200. The Balaban J connectivity index is 2.13. The molecule has 1 aliphatic heterocycles. The van der Waals surface area contributed by atoms with Crippen LogP contribution in [0, 0.1) is 0 Å². The van der Waals surface area contributed by atoms with E-state index in [1.807, 2.05) is 0 Å². The Bertz CT molecular complexity index is 418. The largest absolute Gasteiger partial charge is 0.507 e. The van der Waals surface area contributed by atoms with E-state index in [1.54, 1.807) is 12.0 Å². The molecule has 0 atom stereocenters. The molecule has 0 spiro atoms. The van der Waals surface area contributed by atoms with E-state index >= 15 is 0 Å². The number of amides is 1. The summed E-state index contributed by atoms with van der Waals surface area (Å²) in [5, 5.41) is 19.3. The predicted octanol–water partition coefficient (Wildman–Crippen LogP) is 1.35. The van der Waals surface area contributed by atoms with Gasteiger partial charge in [0, 0.05) is 20.2 Å². The van der Waals surface area contributed by atoms with Crippen LogP contribution in [-0.4, -0.2) is 47.3 Å². The van der Waals surface area contributed by atoms with E-state index in [-0.39, 0.29) is 29.1 Å². The highest BCUT2D eigenvalue weighted by Crippen LogP contribution is 2.28. The maximum absolute atomic E-state index is 12.2. The van der Waals surface area contributed by atoms with Crippen LogP contribution in [0.25, 0.3) is 0 Å². The van der Waals surface area contributed by atoms with Crippen molar-refractivity contribution in [2.24, 2.45) is 0 Å². The van der Waals surface area contributed by atoms with Gasteiger partial charge in [-0.1, -0.05) is 6.07 Å². The second kappa shape index (κ2) is 5.27. The maximum Gasteiger partial charge on any atom is 0.261 e. The van der Waals surface area contributed by atoms with Crippen LogP contribution in [0.5, 0.6) is 11.5 Å². The van der Waals surface area contributed by atoms with Gasteiger partial charge in [0.1, 0.15) is 17.1 Å². The third kappa shape index (κ3) is 2.41. The van der Waals surface area contributed by atoms with E-state index in [0.29, 0.717) is 13.1 Å². The molecule has 1 fully saturated rings. The molecule has 0 unspecified atom stereocenters. The summed E-state index contributed by atoms with van der Waals surface area (Å²) in [6, 6.07) is 4.29. The number of phenols is 2. The third-order valence-electron chi connectivity index (χ3n) is 3.30. The van der Waals surface area contributed by atoms with Gasteiger partial charge in [0.2, 0.25) is 0 Å². The summed E-state index contributed by atoms with van der Waals surface area (Å²) >= 11 is 0. The molecule has 0 aromatic heterocycles. The average Bonchev–Trinajstić information content (AvgIpc) is 2.38. The Labute approximate surface area is 106 Å². The minimum Gasteiger partial charge on any atom is -0.507 e. The van der Waals surface area contributed by atoms with Crippen molar-refractivity contribution in [3.8, 4) is 11.5 Å². The Morgan fingerprint density at radius 1 is 1.28 bits per heavy atom. The zero-order valence-corrected chi connectivity index (χ0v) is 10.3. The molecule has 1 heterocycles.